The number of esters is 1. The maximum atomic E-state index is 13.4. The summed E-state index contributed by atoms with van der Waals surface area (Å²) in [5, 5.41) is 17.6. The number of para-hydroxylation sites is 3. The third-order valence-corrected chi connectivity index (χ3v) is 26.1. The van der Waals surface area contributed by atoms with Crippen molar-refractivity contribution in [1.82, 2.24) is 24.1 Å². The van der Waals surface area contributed by atoms with E-state index in [2.05, 4.69) is 216 Å². The van der Waals surface area contributed by atoms with Crippen molar-refractivity contribution in [2.24, 2.45) is 14.1 Å². The molecule has 0 aliphatic carbocycles. The Morgan fingerprint density at radius 1 is 0.352 bits per heavy atom. The van der Waals surface area contributed by atoms with E-state index in [0.717, 1.165) is 94.2 Å². The molecular weight excluding hydrogens is 1560 g/mol. The first-order valence-electron chi connectivity index (χ1n) is 42.2. The number of carbonyl (C=O) groups is 1. The fourth-order valence-electron chi connectivity index (χ4n) is 18.9. The van der Waals surface area contributed by atoms with E-state index in [1.807, 2.05) is 187 Å². The van der Waals surface area contributed by atoms with Gasteiger partial charge in [0.2, 0.25) is 0 Å². The molecule has 1 aliphatic rings. The van der Waals surface area contributed by atoms with Gasteiger partial charge in [-0.2, -0.15) is 0 Å². The van der Waals surface area contributed by atoms with Gasteiger partial charge in [0, 0.05) is 92.8 Å². The van der Waals surface area contributed by atoms with Gasteiger partial charge in [-0.1, -0.05) is 273 Å². The summed E-state index contributed by atoms with van der Waals surface area (Å²) in [5.41, 5.74) is 19.2. The number of benzene rings is 18. The van der Waals surface area contributed by atoms with Gasteiger partial charge >= 0.3 is 5.97 Å². The first-order chi connectivity index (χ1) is 61.4. The van der Waals surface area contributed by atoms with Crippen LogP contribution in [0.2, 0.25) is 0 Å². The molecule has 6 heterocycles. The molecular formula is C112H80N6O6S. The van der Waals surface area contributed by atoms with Crippen LogP contribution in [0.3, 0.4) is 0 Å². The Balaban J connectivity index is 0.000000104. The van der Waals surface area contributed by atoms with Gasteiger partial charge in [0.15, 0.2) is 21.7 Å². The van der Waals surface area contributed by atoms with Gasteiger partial charge in [-0.3, -0.25) is 24.0 Å². The van der Waals surface area contributed by atoms with Gasteiger partial charge in [0.25, 0.3) is 0 Å². The van der Waals surface area contributed by atoms with E-state index < -0.39 is 0 Å². The minimum Gasteiger partial charge on any atom is -0.426 e. The number of carbonyl (C=O) groups excluding carboxylic acids is 1. The molecule has 5 aromatic heterocycles. The number of rotatable bonds is 8. The number of H-pyrrole nitrogens is 2. The van der Waals surface area contributed by atoms with Crippen molar-refractivity contribution in [3.8, 4) is 50.3 Å². The normalized spacial score (nSPS) is 12.6. The molecule has 0 bridgehead atoms. The Labute approximate surface area is 721 Å². The number of fused-ring (bicyclic) bond motifs is 17. The Kier molecular flexibility index (Phi) is 19.5. The lowest BCUT2D eigenvalue weighted by molar-refractivity contribution is -0.137. The van der Waals surface area contributed by atoms with Gasteiger partial charge in [-0.05, 0) is 192 Å². The highest BCUT2D eigenvalue weighted by atomic mass is 32.1. The van der Waals surface area contributed by atoms with Crippen LogP contribution in [0, 0.1) is 0 Å². The lowest BCUT2D eigenvalue weighted by Gasteiger charge is -2.26. The molecule has 600 valence electrons. The number of nitrogens with one attached hydrogen (secondary N) is 2. The molecule has 0 fully saturated rings. The van der Waals surface area contributed by atoms with Gasteiger partial charge in [0.1, 0.15) is 16.7 Å². The van der Waals surface area contributed by atoms with Crippen LogP contribution in [0.5, 0.6) is 5.75 Å². The van der Waals surface area contributed by atoms with Crippen LogP contribution in [-0.4, -0.2) is 43.1 Å². The summed E-state index contributed by atoms with van der Waals surface area (Å²) < 4.78 is 10.8. The zero-order valence-electron chi connectivity index (χ0n) is 68.9. The number of hydrogen-bond donors (Lipinski definition) is 2. The van der Waals surface area contributed by atoms with Crippen LogP contribution in [0.1, 0.15) is 30.3 Å². The Morgan fingerprint density at radius 2 is 0.720 bits per heavy atom. The number of pyridine rings is 4. The van der Waals surface area contributed by atoms with E-state index in [4.69, 9.17) is 4.74 Å². The highest BCUT2D eigenvalue weighted by Gasteiger charge is 2.33. The lowest BCUT2D eigenvalue weighted by Crippen LogP contribution is -2.27. The van der Waals surface area contributed by atoms with E-state index in [1.165, 1.54) is 76.8 Å². The number of aromatic nitrogens is 5. The molecule has 1 unspecified atom stereocenters. The van der Waals surface area contributed by atoms with Crippen LogP contribution in [0.4, 0.5) is 5.69 Å². The van der Waals surface area contributed by atoms with Crippen LogP contribution in [0.25, 0.3) is 196 Å². The van der Waals surface area contributed by atoms with Gasteiger partial charge in [-0.15, -0.1) is 11.3 Å². The van der Waals surface area contributed by atoms with Crippen molar-refractivity contribution in [3.05, 3.63) is 409 Å². The summed E-state index contributed by atoms with van der Waals surface area (Å²) >= 11 is 1.58. The van der Waals surface area contributed by atoms with E-state index in [9.17, 15) is 24.0 Å². The number of ether oxygens (including phenoxy) is 1. The van der Waals surface area contributed by atoms with Crippen LogP contribution in [-0.2, 0) is 25.3 Å². The third-order valence-electron chi connectivity index (χ3n) is 25.0. The predicted octanol–water partition coefficient (Wildman–Crippen LogP) is 25.9. The molecule has 0 saturated carbocycles. The Morgan fingerprint density at radius 3 is 1.14 bits per heavy atom. The molecule has 1 atom stereocenters. The minimum absolute atomic E-state index is 0.00351. The first kappa shape index (κ1) is 76.7. The zero-order chi connectivity index (χ0) is 84.7. The topological polar surface area (TPSA) is 152 Å². The number of nitrogens with zero attached hydrogens (tertiary/aromatic N) is 4. The molecule has 18 aromatic carbocycles. The molecule has 2 N–H and O–H groups in total. The van der Waals surface area contributed by atoms with E-state index in [0.29, 0.717) is 66.3 Å². The Hall–Kier alpha value is -15.7. The molecule has 12 nitrogen and oxygen atoms in total. The van der Waals surface area contributed by atoms with Crippen molar-refractivity contribution in [3.63, 3.8) is 0 Å². The second-order valence-electron chi connectivity index (χ2n) is 31.9. The summed E-state index contributed by atoms with van der Waals surface area (Å²) in [6.07, 6.45) is 0.645. The average Bonchev–Trinajstić information content (AvgIpc) is 0.980. The smallest absolute Gasteiger partial charge is 0.321 e. The first-order valence-corrected chi connectivity index (χ1v) is 43.1. The zero-order valence-corrected chi connectivity index (χ0v) is 69.7. The van der Waals surface area contributed by atoms with Crippen LogP contribution < -0.4 is 31.4 Å². The molecule has 125 heavy (non-hydrogen) atoms. The fraction of sp³-hybridized carbons (Fsp3) is 0.0714. The van der Waals surface area contributed by atoms with Crippen molar-refractivity contribution >= 4 is 174 Å². The summed E-state index contributed by atoms with van der Waals surface area (Å²) in [5.74, 6) is 0.166. The molecule has 13 heteroatoms. The van der Waals surface area contributed by atoms with E-state index in [1.54, 1.807) is 23.5 Å². The Bertz CT molecular complexity index is 8000. The molecule has 1 aliphatic heterocycles. The van der Waals surface area contributed by atoms with Crippen LogP contribution >= 0.6 is 11.3 Å². The van der Waals surface area contributed by atoms with Crippen molar-refractivity contribution in [2.45, 2.75) is 26.2 Å². The summed E-state index contributed by atoms with van der Waals surface area (Å²) in [7, 11) is 3.86. The second-order valence-corrected chi connectivity index (χ2v) is 33.0. The maximum absolute atomic E-state index is 13.4. The lowest BCUT2D eigenvalue weighted by atomic mass is 9.77. The molecule has 0 saturated heterocycles. The number of anilines is 1. The van der Waals surface area contributed by atoms with Gasteiger partial charge in [-0.25, -0.2) is 4.98 Å². The van der Waals surface area contributed by atoms with Crippen molar-refractivity contribution < 1.29 is 9.53 Å². The standard InChI is InChI=1S/C42H28.C28H16N2O2.C22H16N2O2.C20H20N2O2S/c1-5-17-29(18-6-1)37-33-25-13-14-26-34(33)39(31-21-9-3-10-22-31)42-40(32-23-11-4-12-24-32)36-28-16-15-27-35(36)38(41(37)42)30-19-7-2-8-20-30;31-27-19-11-9-15-5-1-3-7-17(15)25(19)29-23-13-22-24(14-21(23)27)30-26-18-8-4-2-6-16(18)10-12-20(26)28(22)32;1-23-17-9-5-3-7-13(17)21(25)15-12-20-16(11-19(15)23)22(26)14-8-4-6-10-18(14)24(20)2;1-3-22(4-2)14-10-9-13-11-15(20(23)24-17(13)12-14)19-21-16-7-5-6-8-18(16)25-19/h1-28H;1-14H,(H,29,31)(H,30,32);3-12H,1-2H3;5-10,12,15H,3-4,11H2,1-2H3. The third kappa shape index (κ3) is 13.2. The number of thiazole rings is 1. The summed E-state index contributed by atoms with van der Waals surface area (Å²) in [6, 6.07) is 122. The molecule has 23 aromatic rings. The van der Waals surface area contributed by atoms with Gasteiger partial charge < -0.3 is 28.7 Å². The van der Waals surface area contributed by atoms with Crippen LogP contribution in [0.15, 0.2) is 377 Å². The SMILES string of the molecule is CCN(CC)c1ccc2c(c1)OC(=O)C(c1nc3ccccc3s1)C2.Cn1c2ccccc2c(=O)c2cc3c(cc21)c(=O)c1ccccc1n3C.O=c1c2cc3[nH]c4c(ccc5ccccc54)c(=O)c3cc2[nH]c2c1ccc1ccccc12.c1ccc(-c2c3ccccc3c(-c3ccccc3)c3c(-c4ccccc4)c4ccccc4c(-c4ccccc4)c23)cc1. The highest BCUT2D eigenvalue weighted by Crippen LogP contribution is 2.54. The second kappa shape index (κ2) is 31.7. The largest absolute Gasteiger partial charge is 0.426 e. The number of hydrogen-bond acceptors (Lipinski definition) is 9. The molecule has 0 amide bonds. The average molecular weight is 1640 g/mol. The minimum atomic E-state index is -0.316. The number of aromatic amines is 2. The van der Waals surface area contributed by atoms with E-state index in [-0.39, 0.29) is 33.6 Å². The van der Waals surface area contributed by atoms with E-state index >= 15 is 0 Å². The van der Waals surface area contributed by atoms with Crippen molar-refractivity contribution in [2.75, 3.05) is 18.0 Å². The predicted molar refractivity (Wildman–Crippen MR) is 522 cm³/mol. The molecule has 0 spiro atoms. The monoisotopic (exact) mass is 1640 g/mol. The summed E-state index contributed by atoms with van der Waals surface area (Å²) in [4.78, 5) is 79.3. The maximum Gasteiger partial charge on any atom is 0.321 e. The van der Waals surface area contributed by atoms with Gasteiger partial charge in [0.05, 0.1) is 54.4 Å². The fourth-order valence-corrected chi connectivity index (χ4v) is 20.0. The highest BCUT2D eigenvalue weighted by molar-refractivity contribution is 7.18. The summed E-state index contributed by atoms with van der Waals surface area (Å²) in [6.45, 7) is 6.10. The quantitative estimate of drug-likeness (QED) is 0.0660. The molecule has 24 rings (SSSR count). The number of aryl methyl sites for hydroxylation is 2. The molecule has 0 radical (unpaired) electrons. The van der Waals surface area contributed by atoms with Crippen molar-refractivity contribution in [1.29, 1.82) is 0 Å².